The molecule has 1 aromatic rings. The Bertz CT molecular complexity index is 313. The van der Waals surface area contributed by atoms with Gasteiger partial charge < -0.3 is 9.73 Å². The largest absolute Gasteiger partial charge is 0.454 e. The van der Waals surface area contributed by atoms with E-state index in [1.807, 2.05) is 12.1 Å². The van der Waals surface area contributed by atoms with Crippen molar-refractivity contribution in [2.45, 2.75) is 32.4 Å². The van der Waals surface area contributed by atoms with Crippen molar-refractivity contribution in [3.05, 3.63) is 21.7 Å². The van der Waals surface area contributed by atoms with Crippen LogP contribution in [0.2, 0.25) is 0 Å². The highest BCUT2D eigenvalue weighted by Gasteiger charge is 2.05. The molecule has 0 aromatic carbocycles. The minimum absolute atomic E-state index is 0.391. The molecule has 1 heterocycles. The second kappa shape index (κ2) is 6.10. The molecule has 0 spiro atoms. The van der Waals surface area contributed by atoms with Crippen molar-refractivity contribution in [1.29, 1.82) is 0 Å². The molecule has 0 saturated heterocycles. The smallest absolute Gasteiger partial charge is 0.164 e. The average Bonchev–Trinajstić information content (AvgIpc) is 2.59. The van der Waals surface area contributed by atoms with Gasteiger partial charge in [-0.05, 0) is 41.1 Å². The molecule has 0 saturated carbocycles. The molecule has 0 bridgehead atoms. The third kappa shape index (κ3) is 3.72. The predicted molar refractivity (Wildman–Crippen MR) is 65.8 cm³/mol. The van der Waals surface area contributed by atoms with E-state index in [2.05, 4.69) is 40.8 Å². The van der Waals surface area contributed by atoms with Gasteiger partial charge in [-0.15, -0.1) is 12.3 Å². The van der Waals surface area contributed by atoms with Crippen LogP contribution < -0.4 is 5.32 Å². The number of halogens is 1. The van der Waals surface area contributed by atoms with Crippen molar-refractivity contribution in [1.82, 2.24) is 5.32 Å². The third-order valence-electron chi connectivity index (χ3n) is 2.05. The molecule has 0 aliphatic rings. The zero-order valence-corrected chi connectivity index (χ0v) is 10.4. The fourth-order valence-electron chi connectivity index (χ4n) is 1.19. The van der Waals surface area contributed by atoms with Gasteiger partial charge in [0, 0.05) is 12.5 Å². The number of terminal acetylenes is 1. The maximum absolute atomic E-state index is 5.43. The first kappa shape index (κ1) is 11.6. The van der Waals surface area contributed by atoms with Crippen molar-refractivity contribution in [2.24, 2.45) is 0 Å². The van der Waals surface area contributed by atoms with Crippen molar-refractivity contribution >= 4 is 22.6 Å². The lowest BCUT2D eigenvalue weighted by atomic mass is 10.1. The molecular weight excluding hydrogens is 289 g/mol. The zero-order chi connectivity index (χ0) is 10.4. The highest BCUT2D eigenvalue weighted by Crippen LogP contribution is 2.10. The maximum Gasteiger partial charge on any atom is 0.164 e. The summed E-state index contributed by atoms with van der Waals surface area (Å²) in [6.45, 7) is 2.88. The van der Waals surface area contributed by atoms with Gasteiger partial charge in [0.1, 0.15) is 5.76 Å². The van der Waals surface area contributed by atoms with E-state index < -0.39 is 0 Å². The lowest BCUT2D eigenvalue weighted by Gasteiger charge is -2.12. The van der Waals surface area contributed by atoms with E-state index in [4.69, 9.17) is 10.8 Å². The van der Waals surface area contributed by atoms with Crippen LogP contribution in [-0.4, -0.2) is 6.04 Å². The van der Waals surface area contributed by atoms with E-state index in [0.717, 1.165) is 28.9 Å². The Morgan fingerprint density at radius 2 is 2.43 bits per heavy atom. The summed E-state index contributed by atoms with van der Waals surface area (Å²) < 4.78 is 6.35. The Labute approximate surface area is 98.6 Å². The molecule has 2 nitrogen and oxygen atoms in total. The van der Waals surface area contributed by atoms with Crippen LogP contribution in [0.1, 0.15) is 25.5 Å². The lowest BCUT2D eigenvalue weighted by molar-refractivity contribution is 0.428. The summed E-state index contributed by atoms with van der Waals surface area (Å²) >= 11 is 2.16. The van der Waals surface area contributed by atoms with Crippen molar-refractivity contribution in [3.8, 4) is 12.3 Å². The van der Waals surface area contributed by atoms with Crippen LogP contribution in [0.25, 0.3) is 0 Å². The third-order valence-corrected chi connectivity index (χ3v) is 2.63. The summed E-state index contributed by atoms with van der Waals surface area (Å²) in [4.78, 5) is 0. The number of nitrogens with one attached hydrogen (secondary N) is 1. The quantitative estimate of drug-likeness (QED) is 0.668. The molecule has 14 heavy (non-hydrogen) atoms. The minimum atomic E-state index is 0.391. The second-order valence-corrected chi connectivity index (χ2v) is 4.16. The molecule has 0 fully saturated rings. The van der Waals surface area contributed by atoms with E-state index in [9.17, 15) is 0 Å². The molecule has 3 heteroatoms. The Hall–Kier alpha value is -0.470. The molecule has 76 valence electrons. The normalized spacial score (nSPS) is 12.4. The SMILES string of the molecule is C#CCC(CC)NCc1ccc(I)o1. The first-order chi connectivity index (χ1) is 6.76. The van der Waals surface area contributed by atoms with Crippen LogP contribution in [-0.2, 0) is 6.54 Å². The van der Waals surface area contributed by atoms with Crippen LogP contribution in [0.5, 0.6) is 0 Å². The fourth-order valence-corrected chi connectivity index (χ4v) is 1.66. The molecule has 0 amide bonds. The van der Waals surface area contributed by atoms with E-state index in [0.29, 0.717) is 6.04 Å². The maximum atomic E-state index is 5.43. The molecule has 0 radical (unpaired) electrons. The second-order valence-electron chi connectivity index (χ2n) is 3.10. The van der Waals surface area contributed by atoms with Gasteiger partial charge in [0.05, 0.1) is 6.54 Å². The van der Waals surface area contributed by atoms with Crippen molar-refractivity contribution in [2.75, 3.05) is 0 Å². The van der Waals surface area contributed by atoms with Crippen molar-refractivity contribution < 1.29 is 4.42 Å². The topological polar surface area (TPSA) is 25.2 Å². The molecule has 0 aliphatic heterocycles. The highest BCUT2D eigenvalue weighted by molar-refractivity contribution is 14.1. The van der Waals surface area contributed by atoms with Gasteiger partial charge in [0.15, 0.2) is 3.77 Å². The van der Waals surface area contributed by atoms with E-state index in [1.54, 1.807) is 0 Å². The van der Waals surface area contributed by atoms with Gasteiger partial charge in [-0.2, -0.15) is 0 Å². The molecule has 1 unspecified atom stereocenters. The van der Waals surface area contributed by atoms with Gasteiger partial charge in [-0.3, -0.25) is 0 Å². The van der Waals surface area contributed by atoms with Crippen LogP contribution in [0, 0.1) is 16.1 Å². The fraction of sp³-hybridized carbons (Fsp3) is 0.455. The van der Waals surface area contributed by atoms with Gasteiger partial charge >= 0.3 is 0 Å². The van der Waals surface area contributed by atoms with Gasteiger partial charge in [0.25, 0.3) is 0 Å². The van der Waals surface area contributed by atoms with Gasteiger partial charge in [-0.1, -0.05) is 6.92 Å². The number of rotatable bonds is 5. The first-order valence-electron chi connectivity index (χ1n) is 4.67. The Kier molecular flexibility index (Phi) is 5.05. The molecule has 1 atom stereocenters. The number of hydrogen-bond donors (Lipinski definition) is 1. The van der Waals surface area contributed by atoms with Crippen LogP contribution in [0.3, 0.4) is 0 Å². The molecule has 0 aliphatic carbocycles. The molecule has 1 N–H and O–H groups in total. The van der Waals surface area contributed by atoms with Crippen LogP contribution in [0.4, 0.5) is 0 Å². The predicted octanol–water partition coefficient (Wildman–Crippen LogP) is 2.78. The Balaban J connectivity index is 2.36. The van der Waals surface area contributed by atoms with E-state index in [-0.39, 0.29) is 0 Å². The molecular formula is C11H14INO. The highest BCUT2D eigenvalue weighted by atomic mass is 127. The van der Waals surface area contributed by atoms with E-state index in [1.165, 1.54) is 0 Å². The summed E-state index contributed by atoms with van der Waals surface area (Å²) in [5, 5.41) is 3.36. The first-order valence-corrected chi connectivity index (χ1v) is 5.75. The summed E-state index contributed by atoms with van der Waals surface area (Å²) in [7, 11) is 0. The Morgan fingerprint density at radius 1 is 1.64 bits per heavy atom. The monoisotopic (exact) mass is 303 g/mol. The zero-order valence-electron chi connectivity index (χ0n) is 8.22. The average molecular weight is 303 g/mol. The van der Waals surface area contributed by atoms with Crippen LogP contribution in [0.15, 0.2) is 16.5 Å². The number of furan rings is 1. The standard InChI is InChI=1S/C11H14INO/c1-3-5-9(4-2)13-8-10-6-7-11(12)14-10/h1,6-7,9,13H,4-5,8H2,2H3. The van der Waals surface area contributed by atoms with E-state index >= 15 is 0 Å². The summed E-state index contributed by atoms with van der Waals surface area (Å²) in [5.74, 6) is 3.63. The molecule has 1 aromatic heterocycles. The van der Waals surface area contributed by atoms with Crippen LogP contribution >= 0.6 is 22.6 Å². The lowest BCUT2D eigenvalue weighted by Crippen LogP contribution is -2.27. The number of hydrogen-bond acceptors (Lipinski definition) is 2. The molecule has 1 rings (SSSR count). The Morgan fingerprint density at radius 3 is 2.93 bits per heavy atom. The summed E-state index contributed by atoms with van der Waals surface area (Å²) in [5.41, 5.74) is 0. The van der Waals surface area contributed by atoms with Gasteiger partial charge in [-0.25, -0.2) is 0 Å². The van der Waals surface area contributed by atoms with Crippen molar-refractivity contribution in [3.63, 3.8) is 0 Å². The minimum Gasteiger partial charge on any atom is -0.454 e. The summed E-state index contributed by atoms with van der Waals surface area (Å²) in [6, 6.07) is 4.33. The van der Waals surface area contributed by atoms with Gasteiger partial charge in [0.2, 0.25) is 0 Å². The summed E-state index contributed by atoms with van der Waals surface area (Å²) in [6.07, 6.45) is 7.08.